The average Bonchev–Trinajstić information content (AvgIpc) is 2.56. The normalized spacial score (nSPS) is 10.2. The molecule has 0 radical (unpaired) electrons. The molecule has 0 bridgehead atoms. The molecule has 0 heterocycles. The lowest BCUT2D eigenvalue weighted by molar-refractivity contribution is 1.15. The Morgan fingerprint density at radius 3 is 1.95 bits per heavy atom. The Morgan fingerprint density at radius 2 is 1.23 bits per heavy atom. The summed E-state index contributed by atoms with van der Waals surface area (Å²) in [6.07, 6.45) is 0. The SMILES string of the molecule is Nc1ccccc1CNc1ccc(Nc2ccccc2)cc1. The minimum absolute atomic E-state index is 0.720. The second-order valence-electron chi connectivity index (χ2n) is 5.12. The van der Waals surface area contributed by atoms with Crippen LogP contribution in [0.4, 0.5) is 22.7 Å². The number of benzene rings is 3. The summed E-state index contributed by atoms with van der Waals surface area (Å²) in [4.78, 5) is 0. The highest BCUT2D eigenvalue weighted by Gasteiger charge is 1.99. The lowest BCUT2D eigenvalue weighted by atomic mass is 10.2. The number of hydrogen-bond donors (Lipinski definition) is 3. The maximum Gasteiger partial charge on any atom is 0.0421 e. The van der Waals surface area contributed by atoms with Gasteiger partial charge in [-0.15, -0.1) is 0 Å². The van der Waals surface area contributed by atoms with Crippen molar-refractivity contribution >= 4 is 22.7 Å². The summed E-state index contributed by atoms with van der Waals surface area (Å²) in [6, 6.07) is 26.3. The van der Waals surface area contributed by atoms with Crippen LogP contribution in [0.5, 0.6) is 0 Å². The Hall–Kier alpha value is -2.94. The zero-order chi connectivity index (χ0) is 15.2. The van der Waals surface area contributed by atoms with Gasteiger partial charge in [-0.2, -0.15) is 0 Å². The average molecular weight is 289 g/mol. The minimum Gasteiger partial charge on any atom is -0.398 e. The molecule has 0 aliphatic heterocycles. The van der Waals surface area contributed by atoms with E-state index in [-0.39, 0.29) is 0 Å². The maximum absolute atomic E-state index is 5.94. The van der Waals surface area contributed by atoms with Crippen molar-refractivity contribution in [1.82, 2.24) is 0 Å². The van der Waals surface area contributed by atoms with Crippen LogP contribution in [0.1, 0.15) is 5.56 Å². The zero-order valence-electron chi connectivity index (χ0n) is 12.3. The van der Waals surface area contributed by atoms with E-state index >= 15 is 0 Å². The molecule has 0 aliphatic rings. The summed E-state index contributed by atoms with van der Waals surface area (Å²) >= 11 is 0. The van der Waals surface area contributed by atoms with Gasteiger partial charge in [0.15, 0.2) is 0 Å². The molecular formula is C19H19N3. The van der Waals surface area contributed by atoms with Gasteiger partial charge in [0.25, 0.3) is 0 Å². The van der Waals surface area contributed by atoms with E-state index in [1.54, 1.807) is 0 Å². The van der Waals surface area contributed by atoms with E-state index in [0.29, 0.717) is 0 Å². The van der Waals surface area contributed by atoms with Crippen LogP contribution in [0.2, 0.25) is 0 Å². The molecule has 0 fully saturated rings. The third-order valence-corrected chi connectivity index (χ3v) is 3.49. The summed E-state index contributed by atoms with van der Waals surface area (Å²) in [6.45, 7) is 0.720. The van der Waals surface area contributed by atoms with Crippen molar-refractivity contribution in [3.8, 4) is 0 Å². The molecule has 3 rings (SSSR count). The molecule has 0 aliphatic carbocycles. The van der Waals surface area contributed by atoms with Gasteiger partial charge in [0.2, 0.25) is 0 Å². The highest BCUT2D eigenvalue weighted by molar-refractivity contribution is 5.62. The monoisotopic (exact) mass is 289 g/mol. The van der Waals surface area contributed by atoms with Gasteiger partial charge in [-0.25, -0.2) is 0 Å². The summed E-state index contributed by atoms with van der Waals surface area (Å²) in [5.41, 5.74) is 11.1. The summed E-state index contributed by atoms with van der Waals surface area (Å²) < 4.78 is 0. The van der Waals surface area contributed by atoms with Crippen molar-refractivity contribution in [3.63, 3.8) is 0 Å². The topological polar surface area (TPSA) is 50.1 Å². The summed E-state index contributed by atoms with van der Waals surface area (Å²) in [7, 11) is 0. The molecule has 0 saturated carbocycles. The number of para-hydroxylation sites is 2. The highest BCUT2D eigenvalue weighted by atomic mass is 14.9. The molecule has 0 unspecified atom stereocenters. The molecule has 22 heavy (non-hydrogen) atoms. The van der Waals surface area contributed by atoms with Crippen LogP contribution in [0.15, 0.2) is 78.9 Å². The highest BCUT2D eigenvalue weighted by Crippen LogP contribution is 2.19. The second kappa shape index (κ2) is 6.68. The minimum atomic E-state index is 0.720. The lowest BCUT2D eigenvalue weighted by Crippen LogP contribution is -2.02. The van der Waals surface area contributed by atoms with Gasteiger partial charge in [0.1, 0.15) is 0 Å². The number of nitrogens with two attached hydrogens (primary N) is 1. The zero-order valence-corrected chi connectivity index (χ0v) is 12.3. The van der Waals surface area contributed by atoms with Crippen molar-refractivity contribution in [1.29, 1.82) is 0 Å². The van der Waals surface area contributed by atoms with Gasteiger partial charge in [0, 0.05) is 29.3 Å². The molecule has 0 saturated heterocycles. The van der Waals surface area contributed by atoms with Crippen LogP contribution in [0.3, 0.4) is 0 Å². The number of nitrogen functional groups attached to an aromatic ring is 1. The van der Waals surface area contributed by atoms with E-state index in [1.165, 1.54) is 0 Å². The largest absolute Gasteiger partial charge is 0.398 e. The van der Waals surface area contributed by atoms with Gasteiger partial charge in [0.05, 0.1) is 0 Å². The number of nitrogens with one attached hydrogen (secondary N) is 2. The molecule has 0 aromatic heterocycles. The third-order valence-electron chi connectivity index (χ3n) is 3.49. The van der Waals surface area contributed by atoms with E-state index < -0.39 is 0 Å². The maximum atomic E-state index is 5.94. The fraction of sp³-hybridized carbons (Fsp3) is 0.0526. The van der Waals surface area contributed by atoms with E-state index in [4.69, 9.17) is 5.73 Å². The first-order valence-electron chi connectivity index (χ1n) is 7.31. The van der Waals surface area contributed by atoms with Crippen LogP contribution >= 0.6 is 0 Å². The smallest absolute Gasteiger partial charge is 0.0421 e. The first-order chi connectivity index (χ1) is 10.8. The molecule has 0 spiro atoms. The molecule has 3 heteroatoms. The molecule has 3 aromatic rings. The standard InChI is InChI=1S/C19H19N3/c20-19-9-5-4-6-15(19)14-21-16-10-12-18(13-11-16)22-17-7-2-1-3-8-17/h1-13,21-22H,14,20H2. The predicted octanol–water partition coefficient (Wildman–Crippen LogP) is 4.62. The molecule has 110 valence electrons. The molecule has 3 aromatic carbocycles. The van der Waals surface area contributed by atoms with Crippen LogP contribution in [-0.4, -0.2) is 0 Å². The van der Waals surface area contributed by atoms with E-state index in [2.05, 4.69) is 34.9 Å². The number of hydrogen-bond acceptors (Lipinski definition) is 3. The van der Waals surface area contributed by atoms with Crippen LogP contribution in [0.25, 0.3) is 0 Å². The first kappa shape index (κ1) is 14.0. The van der Waals surface area contributed by atoms with Gasteiger partial charge in [-0.3, -0.25) is 0 Å². The summed E-state index contributed by atoms with van der Waals surface area (Å²) in [5, 5.41) is 6.75. The molecule has 0 amide bonds. The predicted molar refractivity (Wildman–Crippen MR) is 94.3 cm³/mol. The molecule has 4 N–H and O–H groups in total. The van der Waals surface area contributed by atoms with Crippen molar-refractivity contribution in [2.24, 2.45) is 0 Å². The summed E-state index contributed by atoms with van der Waals surface area (Å²) in [5.74, 6) is 0. The Morgan fingerprint density at radius 1 is 0.636 bits per heavy atom. The second-order valence-corrected chi connectivity index (χ2v) is 5.12. The van der Waals surface area contributed by atoms with E-state index in [9.17, 15) is 0 Å². The van der Waals surface area contributed by atoms with Gasteiger partial charge < -0.3 is 16.4 Å². The van der Waals surface area contributed by atoms with Crippen molar-refractivity contribution in [2.75, 3.05) is 16.4 Å². The molecular weight excluding hydrogens is 270 g/mol. The fourth-order valence-electron chi connectivity index (χ4n) is 2.25. The van der Waals surface area contributed by atoms with Crippen molar-refractivity contribution in [2.45, 2.75) is 6.54 Å². The van der Waals surface area contributed by atoms with Crippen LogP contribution in [-0.2, 0) is 6.54 Å². The lowest BCUT2D eigenvalue weighted by Gasteiger charge is -2.10. The van der Waals surface area contributed by atoms with Crippen LogP contribution in [0, 0.1) is 0 Å². The van der Waals surface area contributed by atoms with E-state index in [0.717, 1.165) is 34.9 Å². The Balaban J connectivity index is 1.61. The fourth-order valence-corrected chi connectivity index (χ4v) is 2.25. The Labute approximate surface area is 130 Å². The van der Waals surface area contributed by atoms with Crippen molar-refractivity contribution in [3.05, 3.63) is 84.4 Å². The first-order valence-corrected chi connectivity index (χ1v) is 7.31. The number of anilines is 4. The quantitative estimate of drug-likeness (QED) is 0.600. The van der Waals surface area contributed by atoms with Gasteiger partial charge >= 0.3 is 0 Å². The van der Waals surface area contributed by atoms with Gasteiger partial charge in [-0.1, -0.05) is 36.4 Å². The Kier molecular flexibility index (Phi) is 4.25. The molecule has 3 nitrogen and oxygen atoms in total. The van der Waals surface area contributed by atoms with Crippen molar-refractivity contribution < 1.29 is 0 Å². The number of rotatable bonds is 5. The Bertz CT molecular complexity index is 721. The van der Waals surface area contributed by atoms with E-state index in [1.807, 2.05) is 54.6 Å². The third kappa shape index (κ3) is 3.58. The van der Waals surface area contributed by atoms with Gasteiger partial charge in [-0.05, 0) is 48.0 Å². The van der Waals surface area contributed by atoms with Crippen LogP contribution < -0.4 is 16.4 Å². The molecule has 0 atom stereocenters.